The van der Waals surface area contributed by atoms with E-state index < -0.39 is 0 Å². The lowest BCUT2D eigenvalue weighted by Crippen LogP contribution is -2.10. The first kappa shape index (κ1) is 13.6. The molecule has 0 saturated carbocycles. The number of rotatable bonds is 4. The number of nitrogens with zero attached hydrogens (tertiary/aromatic N) is 1. The van der Waals surface area contributed by atoms with Crippen molar-refractivity contribution >= 4 is 23.1 Å². The van der Waals surface area contributed by atoms with Crippen LogP contribution in [0.1, 0.15) is 20.3 Å². The van der Waals surface area contributed by atoms with E-state index in [1.165, 1.54) is 11.3 Å². The molecule has 0 bridgehead atoms. The van der Waals surface area contributed by atoms with Crippen LogP contribution in [0.2, 0.25) is 0 Å². The highest BCUT2D eigenvalue weighted by molar-refractivity contribution is 7.14. The monoisotopic (exact) mass is 302 g/mol. The average Bonchev–Trinajstić information content (AvgIpc) is 3.17. The molecule has 3 rings (SSSR count). The fraction of sp³-hybridized carbons (Fsp3) is 0.143. The van der Waals surface area contributed by atoms with Crippen LogP contribution < -0.4 is 11.1 Å². The highest BCUT2D eigenvalue weighted by Crippen LogP contribution is 2.23. The topological polar surface area (TPSA) is 96.9 Å². The lowest BCUT2D eigenvalue weighted by molar-refractivity contribution is 0.103. The SMILES string of the molecule is Cc1ccc(-c2cc(NC(=O)c3ccc(CN)s3)n[nH]2)o1. The lowest BCUT2D eigenvalue weighted by Gasteiger charge is -1.97. The van der Waals surface area contributed by atoms with Gasteiger partial charge in [-0.1, -0.05) is 0 Å². The average molecular weight is 302 g/mol. The van der Waals surface area contributed by atoms with E-state index in [1.807, 2.05) is 25.1 Å². The van der Waals surface area contributed by atoms with Gasteiger partial charge < -0.3 is 15.5 Å². The van der Waals surface area contributed by atoms with Gasteiger partial charge in [0.25, 0.3) is 5.91 Å². The third-order valence-corrected chi connectivity index (χ3v) is 4.02. The van der Waals surface area contributed by atoms with E-state index in [1.54, 1.807) is 12.1 Å². The van der Waals surface area contributed by atoms with Gasteiger partial charge in [-0.25, -0.2) is 0 Å². The largest absolute Gasteiger partial charge is 0.460 e. The van der Waals surface area contributed by atoms with Gasteiger partial charge in [0.1, 0.15) is 11.5 Å². The number of H-pyrrole nitrogens is 1. The molecular weight excluding hydrogens is 288 g/mol. The maximum atomic E-state index is 12.1. The van der Waals surface area contributed by atoms with E-state index in [9.17, 15) is 4.79 Å². The second-order valence-corrected chi connectivity index (χ2v) is 5.67. The van der Waals surface area contributed by atoms with Crippen LogP contribution in [0.3, 0.4) is 0 Å². The molecule has 0 saturated heterocycles. The zero-order valence-corrected chi connectivity index (χ0v) is 12.2. The number of anilines is 1. The Balaban J connectivity index is 1.73. The van der Waals surface area contributed by atoms with Gasteiger partial charge in [0.15, 0.2) is 11.6 Å². The molecule has 0 spiro atoms. The van der Waals surface area contributed by atoms with Crippen molar-refractivity contribution in [3.05, 3.63) is 45.8 Å². The Morgan fingerprint density at radius 3 is 2.95 bits per heavy atom. The number of carbonyl (C=O) groups is 1. The zero-order chi connectivity index (χ0) is 14.8. The molecule has 1 amide bonds. The summed E-state index contributed by atoms with van der Waals surface area (Å²) in [5.74, 6) is 1.75. The van der Waals surface area contributed by atoms with Crippen molar-refractivity contribution in [2.45, 2.75) is 13.5 Å². The van der Waals surface area contributed by atoms with Crippen LogP contribution in [-0.2, 0) is 6.54 Å². The molecular formula is C14H14N4O2S. The lowest BCUT2D eigenvalue weighted by atomic mass is 10.3. The van der Waals surface area contributed by atoms with Gasteiger partial charge in [-0.05, 0) is 31.2 Å². The summed E-state index contributed by atoms with van der Waals surface area (Å²) in [7, 11) is 0. The molecule has 0 radical (unpaired) electrons. The normalized spacial score (nSPS) is 10.8. The quantitative estimate of drug-likeness (QED) is 0.690. The number of aromatic nitrogens is 2. The summed E-state index contributed by atoms with van der Waals surface area (Å²) in [5.41, 5.74) is 6.25. The molecule has 0 aliphatic carbocycles. The summed E-state index contributed by atoms with van der Waals surface area (Å²) in [6, 6.07) is 9.05. The van der Waals surface area contributed by atoms with E-state index in [4.69, 9.17) is 10.2 Å². The van der Waals surface area contributed by atoms with Gasteiger partial charge in [0.05, 0.1) is 4.88 Å². The number of aromatic amines is 1. The summed E-state index contributed by atoms with van der Waals surface area (Å²) in [4.78, 5) is 13.6. The van der Waals surface area contributed by atoms with E-state index in [0.29, 0.717) is 28.7 Å². The van der Waals surface area contributed by atoms with E-state index in [0.717, 1.165) is 10.6 Å². The van der Waals surface area contributed by atoms with Crippen molar-refractivity contribution in [1.29, 1.82) is 0 Å². The number of amides is 1. The highest BCUT2D eigenvalue weighted by Gasteiger charge is 2.12. The van der Waals surface area contributed by atoms with Crippen LogP contribution in [0.25, 0.3) is 11.5 Å². The molecule has 7 heteroatoms. The fourth-order valence-corrected chi connectivity index (χ4v) is 2.66. The molecule has 3 aromatic heterocycles. The molecule has 4 N–H and O–H groups in total. The maximum Gasteiger partial charge on any atom is 0.266 e. The number of hydrogen-bond donors (Lipinski definition) is 3. The zero-order valence-electron chi connectivity index (χ0n) is 11.3. The molecule has 0 fully saturated rings. The standard InChI is InChI=1S/C14H14N4O2S/c1-8-2-4-11(20-8)10-6-13(18-17-10)16-14(19)12-5-3-9(7-15)21-12/h2-6H,7,15H2,1H3,(H2,16,17,18,19). The Labute approximate surface area is 125 Å². The summed E-state index contributed by atoms with van der Waals surface area (Å²) >= 11 is 1.37. The maximum absolute atomic E-state index is 12.1. The first-order valence-electron chi connectivity index (χ1n) is 6.38. The summed E-state index contributed by atoms with van der Waals surface area (Å²) in [6.45, 7) is 2.30. The minimum Gasteiger partial charge on any atom is -0.460 e. The van der Waals surface area contributed by atoms with E-state index >= 15 is 0 Å². The molecule has 0 aliphatic rings. The molecule has 21 heavy (non-hydrogen) atoms. The summed E-state index contributed by atoms with van der Waals surface area (Å²) < 4.78 is 5.49. The van der Waals surface area contributed by atoms with Crippen molar-refractivity contribution in [2.75, 3.05) is 5.32 Å². The number of nitrogens with two attached hydrogens (primary N) is 1. The van der Waals surface area contributed by atoms with E-state index in [2.05, 4.69) is 15.5 Å². The molecule has 0 aliphatic heterocycles. The van der Waals surface area contributed by atoms with Crippen LogP contribution in [0.5, 0.6) is 0 Å². The molecule has 108 valence electrons. The van der Waals surface area contributed by atoms with Gasteiger partial charge in [-0.3, -0.25) is 9.89 Å². The Hall–Kier alpha value is -2.38. The fourth-order valence-electron chi connectivity index (χ4n) is 1.88. The number of aryl methyl sites for hydroxylation is 1. The molecule has 3 heterocycles. The van der Waals surface area contributed by atoms with Crippen molar-refractivity contribution in [2.24, 2.45) is 5.73 Å². The molecule has 0 unspecified atom stereocenters. The number of carbonyl (C=O) groups excluding carboxylic acids is 1. The summed E-state index contributed by atoms with van der Waals surface area (Å²) in [6.07, 6.45) is 0. The predicted octanol–water partition coefficient (Wildman–Crippen LogP) is 2.75. The van der Waals surface area contributed by atoms with Crippen molar-refractivity contribution in [3.8, 4) is 11.5 Å². The molecule has 6 nitrogen and oxygen atoms in total. The van der Waals surface area contributed by atoms with Crippen LogP contribution in [-0.4, -0.2) is 16.1 Å². The van der Waals surface area contributed by atoms with Gasteiger partial charge in [-0.15, -0.1) is 11.3 Å². The predicted molar refractivity (Wildman–Crippen MR) is 81.2 cm³/mol. The summed E-state index contributed by atoms with van der Waals surface area (Å²) in [5, 5.41) is 9.63. The van der Waals surface area contributed by atoms with Gasteiger partial charge in [-0.2, -0.15) is 5.10 Å². The van der Waals surface area contributed by atoms with Gasteiger partial charge in [0, 0.05) is 17.5 Å². The van der Waals surface area contributed by atoms with Crippen LogP contribution in [0, 0.1) is 6.92 Å². The van der Waals surface area contributed by atoms with Gasteiger partial charge >= 0.3 is 0 Å². The van der Waals surface area contributed by atoms with E-state index in [-0.39, 0.29) is 5.91 Å². The Kier molecular flexibility index (Phi) is 3.59. The minimum atomic E-state index is -0.201. The second-order valence-electron chi connectivity index (χ2n) is 4.50. The second kappa shape index (κ2) is 5.55. The van der Waals surface area contributed by atoms with Gasteiger partial charge in [0.2, 0.25) is 0 Å². The van der Waals surface area contributed by atoms with Crippen molar-refractivity contribution in [3.63, 3.8) is 0 Å². The van der Waals surface area contributed by atoms with Crippen LogP contribution >= 0.6 is 11.3 Å². The Bertz CT molecular complexity index is 771. The first-order valence-corrected chi connectivity index (χ1v) is 7.19. The highest BCUT2D eigenvalue weighted by atomic mass is 32.1. The number of hydrogen-bond acceptors (Lipinski definition) is 5. The smallest absolute Gasteiger partial charge is 0.266 e. The molecule has 0 aromatic carbocycles. The number of furan rings is 1. The first-order chi connectivity index (χ1) is 10.2. The Morgan fingerprint density at radius 2 is 2.29 bits per heavy atom. The van der Waals surface area contributed by atoms with Crippen LogP contribution in [0.4, 0.5) is 5.82 Å². The third-order valence-electron chi connectivity index (χ3n) is 2.91. The number of thiophene rings is 1. The van der Waals surface area contributed by atoms with Crippen molar-refractivity contribution < 1.29 is 9.21 Å². The molecule has 0 atom stereocenters. The third kappa shape index (κ3) is 2.88. The van der Waals surface area contributed by atoms with Crippen molar-refractivity contribution in [1.82, 2.24) is 10.2 Å². The Morgan fingerprint density at radius 1 is 1.43 bits per heavy atom. The number of nitrogens with one attached hydrogen (secondary N) is 2. The minimum absolute atomic E-state index is 0.201. The van der Waals surface area contributed by atoms with Crippen LogP contribution in [0.15, 0.2) is 34.7 Å². The molecule has 3 aromatic rings.